The van der Waals surface area contributed by atoms with Gasteiger partial charge in [0, 0.05) is 30.4 Å². The highest BCUT2D eigenvalue weighted by atomic mass is 16.3. The molecule has 0 aliphatic heterocycles. The third-order valence-corrected chi connectivity index (χ3v) is 4.12. The first-order valence-corrected chi connectivity index (χ1v) is 7.84. The van der Waals surface area contributed by atoms with Crippen LogP contribution in [-0.4, -0.2) is 9.55 Å². The van der Waals surface area contributed by atoms with Gasteiger partial charge in [0.15, 0.2) is 5.43 Å². The van der Waals surface area contributed by atoms with E-state index in [1.165, 1.54) is 12.3 Å². The number of imidazole rings is 1. The van der Waals surface area contributed by atoms with E-state index in [4.69, 9.17) is 4.42 Å². The van der Waals surface area contributed by atoms with Gasteiger partial charge in [0.25, 0.3) is 0 Å². The molecule has 0 amide bonds. The molecule has 0 bridgehead atoms. The van der Waals surface area contributed by atoms with Crippen molar-refractivity contribution in [3.63, 3.8) is 0 Å². The van der Waals surface area contributed by atoms with E-state index in [9.17, 15) is 4.79 Å². The minimum atomic E-state index is -0.0230. The highest BCUT2D eigenvalue weighted by Gasteiger charge is 2.21. The standard InChI is InChI=1S/C19H20N2O2/c1-3-17(21-11-10-20-14(21)2)19-16(18(22)9-12-23-19)13-15-7-5-4-6-8-15/h4-12,17H,3,13H2,1-2H3. The number of nitrogens with zero attached hydrogens (tertiary/aromatic N) is 2. The minimum absolute atomic E-state index is 0.0197. The van der Waals surface area contributed by atoms with E-state index in [2.05, 4.69) is 16.5 Å². The van der Waals surface area contributed by atoms with Gasteiger partial charge in [-0.05, 0) is 18.9 Å². The van der Waals surface area contributed by atoms with Gasteiger partial charge in [-0.1, -0.05) is 37.3 Å². The van der Waals surface area contributed by atoms with Crippen molar-refractivity contribution in [2.45, 2.75) is 32.7 Å². The normalized spacial score (nSPS) is 12.3. The van der Waals surface area contributed by atoms with E-state index < -0.39 is 0 Å². The topological polar surface area (TPSA) is 48.0 Å². The van der Waals surface area contributed by atoms with Gasteiger partial charge in [-0.3, -0.25) is 4.79 Å². The lowest BCUT2D eigenvalue weighted by Gasteiger charge is -2.19. The predicted octanol–water partition coefficient (Wildman–Crippen LogP) is 3.73. The van der Waals surface area contributed by atoms with E-state index in [0.717, 1.165) is 29.1 Å². The molecule has 0 N–H and O–H groups in total. The molecule has 0 aliphatic rings. The molecule has 0 spiro atoms. The molecule has 1 atom stereocenters. The van der Waals surface area contributed by atoms with Crippen molar-refractivity contribution in [2.24, 2.45) is 0 Å². The summed E-state index contributed by atoms with van der Waals surface area (Å²) in [6, 6.07) is 11.5. The zero-order chi connectivity index (χ0) is 16.2. The van der Waals surface area contributed by atoms with Crippen LogP contribution in [0.15, 0.2) is 64.3 Å². The zero-order valence-electron chi connectivity index (χ0n) is 13.4. The zero-order valence-corrected chi connectivity index (χ0v) is 13.4. The van der Waals surface area contributed by atoms with Gasteiger partial charge in [0.2, 0.25) is 0 Å². The second-order valence-electron chi connectivity index (χ2n) is 5.60. The van der Waals surface area contributed by atoms with Crippen molar-refractivity contribution in [1.82, 2.24) is 9.55 Å². The Hall–Kier alpha value is -2.62. The molecule has 0 fully saturated rings. The van der Waals surface area contributed by atoms with E-state index in [1.807, 2.05) is 43.5 Å². The number of hydrogen-bond acceptors (Lipinski definition) is 3. The molecule has 4 nitrogen and oxygen atoms in total. The molecular weight excluding hydrogens is 288 g/mol. The second-order valence-corrected chi connectivity index (χ2v) is 5.60. The Labute approximate surface area is 135 Å². The third kappa shape index (κ3) is 3.11. The number of aryl methyl sites for hydroxylation is 1. The Balaban J connectivity index is 2.07. The molecular formula is C19H20N2O2. The van der Waals surface area contributed by atoms with Gasteiger partial charge in [-0.2, -0.15) is 0 Å². The largest absolute Gasteiger partial charge is 0.467 e. The van der Waals surface area contributed by atoms with Gasteiger partial charge in [0.1, 0.15) is 11.6 Å². The maximum Gasteiger partial charge on any atom is 0.188 e. The van der Waals surface area contributed by atoms with Crippen LogP contribution >= 0.6 is 0 Å². The Kier molecular flexibility index (Phi) is 4.42. The molecule has 2 aromatic heterocycles. The molecule has 2 heterocycles. The van der Waals surface area contributed by atoms with Gasteiger partial charge in [-0.25, -0.2) is 4.98 Å². The van der Waals surface area contributed by atoms with Crippen molar-refractivity contribution in [2.75, 3.05) is 0 Å². The van der Waals surface area contributed by atoms with E-state index in [0.29, 0.717) is 6.42 Å². The van der Waals surface area contributed by atoms with Crippen molar-refractivity contribution >= 4 is 0 Å². The molecule has 118 valence electrons. The molecule has 23 heavy (non-hydrogen) atoms. The van der Waals surface area contributed by atoms with Crippen LogP contribution in [0.4, 0.5) is 0 Å². The predicted molar refractivity (Wildman–Crippen MR) is 89.6 cm³/mol. The maximum atomic E-state index is 12.4. The fourth-order valence-corrected chi connectivity index (χ4v) is 2.94. The second kappa shape index (κ2) is 6.65. The van der Waals surface area contributed by atoms with Crippen LogP contribution in [0.5, 0.6) is 0 Å². The van der Waals surface area contributed by atoms with Crippen LogP contribution in [0.1, 0.15) is 42.1 Å². The highest BCUT2D eigenvalue weighted by molar-refractivity contribution is 5.29. The van der Waals surface area contributed by atoms with Gasteiger partial charge >= 0.3 is 0 Å². The third-order valence-electron chi connectivity index (χ3n) is 4.12. The number of hydrogen-bond donors (Lipinski definition) is 0. The van der Waals surface area contributed by atoms with E-state index >= 15 is 0 Å². The summed E-state index contributed by atoms with van der Waals surface area (Å²) in [6.07, 6.45) is 6.59. The number of rotatable bonds is 5. The van der Waals surface area contributed by atoms with Gasteiger partial charge in [0.05, 0.1) is 12.3 Å². The molecule has 0 saturated carbocycles. The highest BCUT2D eigenvalue weighted by Crippen LogP contribution is 2.26. The first-order valence-electron chi connectivity index (χ1n) is 7.84. The van der Waals surface area contributed by atoms with Gasteiger partial charge < -0.3 is 8.98 Å². The maximum absolute atomic E-state index is 12.4. The smallest absolute Gasteiger partial charge is 0.188 e. The van der Waals surface area contributed by atoms with Crippen molar-refractivity contribution in [3.8, 4) is 0 Å². The summed E-state index contributed by atoms with van der Waals surface area (Å²) in [4.78, 5) is 16.7. The summed E-state index contributed by atoms with van der Waals surface area (Å²) in [5.74, 6) is 1.64. The Bertz CT molecular complexity index is 834. The average molecular weight is 308 g/mol. The molecule has 4 heteroatoms. The lowest BCUT2D eigenvalue weighted by Crippen LogP contribution is -2.18. The Morgan fingerprint density at radius 3 is 2.65 bits per heavy atom. The summed E-state index contributed by atoms with van der Waals surface area (Å²) in [5.41, 5.74) is 1.84. The molecule has 0 saturated heterocycles. The molecule has 3 rings (SSSR count). The van der Waals surface area contributed by atoms with E-state index in [1.54, 1.807) is 6.20 Å². The Morgan fingerprint density at radius 2 is 2.00 bits per heavy atom. The molecule has 1 unspecified atom stereocenters. The SMILES string of the molecule is CCC(c1occc(=O)c1Cc1ccccc1)n1ccnc1C. The molecule has 0 aliphatic carbocycles. The summed E-state index contributed by atoms with van der Waals surface area (Å²) in [5, 5.41) is 0. The van der Waals surface area contributed by atoms with Crippen LogP contribution in [0.3, 0.4) is 0 Å². The molecule has 3 aromatic rings. The molecule has 1 aromatic carbocycles. The summed E-state index contributed by atoms with van der Waals surface area (Å²) < 4.78 is 7.86. The monoisotopic (exact) mass is 308 g/mol. The van der Waals surface area contributed by atoms with Crippen molar-refractivity contribution < 1.29 is 4.42 Å². The quantitative estimate of drug-likeness (QED) is 0.721. The summed E-state index contributed by atoms with van der Waals surface area (Å²) in [6.45, 7) is 4.05. The van der Waals surface area contributed by atoms with Crippen LogP contribution in [-0.2, 0) is 6.42 Å². The fraction of sp³-hybridized carbons (Fsp3) is 0.263. The van der Waals surface area contributed by atoms with Crippen LogP contribution < -0.4 is 5.43 Å². The Morgan fingerprint density at radius 1 is 1.22 bits per heavy atom. The molecule has 0 radical (unpaired) electrons. The van der Waals surface area contributed by atoms with Gasteiger partial charge in [-0.15, -0.1) is 0 Å². The average Bonchev–Trinajstić information content (AvgIpc) is 2.98. The van der Waals surface area contributed by atoms with Crippen molar-refractivity contribution in [1.29, 1.82) is 0 Å². The summed E-state index contributed by atoms with van der Waals surface area (Å²) in [7, 11) is 0. The lowest BCUT2D eigenvalue weighted by molar-refractivity contribution is 0.397. The van der Waals surface area contributed by atoms with E-state index in [-0.39, 0.29) is 11.5 Å². The van der Waals surface area contributed by atoms with Crippen LogP contribution in [0.2, 0.25) is 0 Å². The van der Waals surface area contributed by atoms with Crippen LogP contribution in [0.25, 0.3) is 0 Å². The summed E-state index contributed by atoms with van der Waals surface area (Å²) >= 11 is 0. The fourth-order valence-electron chi connectivity index (χ4n) is 2.94. The van der Waals surface area contributed by atoms with Crippen molar-refractivity contribution in [3.05, 3.63) is 88.0 Å². The first kappa shape index (κ1) is 15.3. The lowest BCUT2D eigenvalue weighted by atomic mass is 9.99. The number of benzene rings is 1. The minimum Gasteiger partial charge on any atom is -0.467 e. The number of aromatic nitrogens is 2. The first-order chi connectivity index (χ1) is 11.2. The van der Waals surface area contributed by atoms with Crippen LogP contribution in [0, 0.1) is 6.92 Å².